The predicted octanol–water partition coefficient (Wildman–Crippen LogP) is 3.42. The van der Waals surface area contributed by atoms with Gasteiger partial charge in [-0.15, -0.1) is 0 Å². The Morgan fingerprint density at radius 2 is 2.06 bits per heavy atom. The number of hydrogen-bond acceptors (Lipinski definition) is 3. The van der Waals surface area contributed by atoms with Gasteiger partial charge in [-0.25, -0.2) is 4.98 Å². The van der Waals surface area contributed by atoms with Gasteiger partial charge in [0.05, 0.1) is 5.69 Å². The lowest BCUT2D eigenvalue weighted by atomic mass is 10.3. The van der Waals surface area contributed by atoms with Crippen LogP contribution in [0.4, 0.5) is 5.69 Å². The standard InChI is InChI=1S/C12H11ClN2O/c1-8-3-2-4-12(15-8)16-11-6-5-9(13)7-10(11)14/h2-7H,14H2,1H3. The van der Waals surface area contributed by atoms with Crippen LogP contribution in [0.2, 0.25) is 5.02 Å². The molecule has 2 N–H and O–H groups in total. The van der Waals surface area contributed by atoms with E-state index in [0.717, 1.165) is 5.69 Å². The summed E-state index contributed by atoms with van der Waals surface area (Å²) < 4.78 is 5.55. The Labute approximate surface area is 98.8 Å². The van der Waals surface area contributed by atoms with Gasteiger partial charge in [-0.1, -0.05) is 17.7 Å². The highest BCUT2D eigenvalue weighted by Crippen LogP contribution is 2.28. The van der Waals surface area contributed by atoms with Crippen molar-refractivity contribution in [3.05, 3.63) is 47.1 Å². The predicted molar refractivity (Wildman–Crippen MR) is 64.9 cm³/mol. The third kappa shape index (κ3) is 2.44. The maximum atomic E-state index is 5.79. The summed E-state index contributed by atoms with van der Waals surface area (Å²) in [7, 11) is 0. The summed E-state index contributed by atoms with van der Waals surface area (Å²) in [6.07, 6.45) is 0. The number of nitrogen functional groups attached to an aromatic ring is 1. The minimum Gasteiger partial charge on any atom is -0.437 e. The fourth-order valence-corrected chi connectivity index (χ4v) is 1.48. The molecule has 1 heterocycles. The first-order valence-corrected chi connectivity index (χ1v) is 5.19. The van der Waals surface area contributed by atoms with Crippen LogP contribution < -0.4 is 10.5 Å². The number of hydrogen-bond donors (Lipinski definition) is 1. The van der Waals surface area contributed by atoms with E-state index in [2.05, 4.69) is 4.98 Å². The van der Waals surface area contributed by atoms with Crippen LogP contribution in [0.1, 0.15) is 5.69 Å². The second-order valence-corrected chi connectivity index (χ2v) is 3.84. The van der Waals surface area contributed by atoms with Crippen molar-refractivity contribution in [3.63, 3.8) is 0 Å². The lowest BCUT2D eigenvalue weighted by molar-refractivity contribution is 0.464. The van der Waals surface area contributed by atoms with E-state index < -0.39 is 0 Å². The molecular weight excluding hydrogens is 224 g/mol. The molecule has 0 aliphatic carbocycles. The van der Waals surface area contributed by atoms with E-state index in [4.69, 9.17) is 22.1 Å². The number of nitrogens with zero attached hydrogens (tertiary/aromatic N) is 1. The molecule has 1 aromatic carbocycles. The fourth-order valence-electron chi connectivity index (χ4n) is 1.30. The molecule has 0 atom stereocenters. The summed E-state index contributed by atoms with van der Waals surface area (Å²) >= 11 is 5.79. The second kappa shape index (κ2) is 4.41. The van der Waals surface area contributed by atoms with Gasteiger partial charge in [-0.05, 0) is 31.2 Å². The van der Waals surface area contributed by atoms with Crippen LogP contribution in [-0.2, 0) is 0 Å². The van der Waals surface area contributed by atoms with Crippen LogP contribution in [0.5, 0.6) is 11.6 Å². The molecule has 0 spiro atoms. The summed E-state index contributed by atoms with van der Waals surface area (Å²) in [5.41, 5.74) is 7.16. The SMILES string of the molecule is Cc1cccc(Oc2ccc(Cl)cc2N)n1. The number of halogens is 1. The minimum absolute atomic E-state index is 0.496. The smallest absolute Gasteiger partial charge is 0.219 e. The lowest BCUT2D eigenvalue weighted by Gasteiger charge is -2.07. The Balaban J connectivity index is 2.27. The third-order valence-corrected chi connectivity index (χ3v) is 2.28. The summed E-state index contributed by atoms with van der Waals surface area (Å²) in [6.45, 7) is 1.90. The molecule has 2 rings (SSSR count). The van der Waals surface area contributed by atoms with E-state index >= 15 is 0 Å². The monoisotopic (exact) mass is 234 g/mol. The number of ether oxygens (including phenoxy) is 1. The van der Waals surface area contributed by atoms with Crippen LogP contribution in [0, 0.1) is 6.92 Å². The Bertz CT molecular complexity index is 514. The van der Waals surface area contributed by atoms with Crippen molar-refractivity contribution < 1.29 is 4.74 Å². The molecule has 16 heavy (non-hydrogen) atoms. The molecular formula is C12H11ClN2O. The Morgan fingerprint density at radius 1 is 1.25 bits per heavy atom. The van der Waals surface area contributed by atoms with Gasteiger partial charge in [0.15, 0.2) is 5.75 Å². The number of rotatable bonds is 2. The van der Waals surface area contributed by atoms with Crippen LogP contribution in [0.25, 0.3) is 0 Å². The van der Waals surface area contributed by atoms with Crippen molar-refractivity contribution in [2.75, 3.05) is 5.73 Å². The van der Waals surface area contributed by atoms with E-state index in [1.807, 2.05) is 19.1 Å². The molecule has 0 aliphatic heterocycles. The Morgan fingerprint density at radius 3 is 2.75 bits per heavy atom. The number of nitrogens with two attached hydrogens (primary N) is 1. The van der Waals surface area contributed by atoms with Crippen LogP contribution >= 0.6 is 11.6 Å². The molecule has 4 heteroatoms. The fraction of sp³-hybridized carbons (Fsp3) is 0.0833. The van der Waals surface area contributed by atoms with Crippen molar-refractivity contribution >= 4 is 17.3 Å². The highest BCUT2D eigenvalue weighted by Gasteiger charge is 2.03. The van der Waals surface area contributed by atoms with Crippen molar-refractivity contribution in [1.29, 1.82) is 0 Å². The zero-order chi connectivity index (χ0) is 11.5. The van der Waals surface area contributed by atoms with E-state index in [-0.39, 0.29) is 0 Å². The third-order valence-electron chi connectivity index (χ3n) is 2.05. The highest BCUT2D eigenvalue weighted by atomic mass is 35.5. The van der Waals surface area contributed by atoms with Crippen molar-refractivity contribution in [1.82, 2.24) is 4.98 Å². The molecule has 0 saturated carbocycles. The van der Waals surface area contributed by atoms with Gasteiger partial charge >= 0.3 is 0 Å². The van der Waals surface area contributed by atoms with Crippen LogP contribution in [0.3, 0.4) is 0 Å². The number of pyridine rings is 1. The van der Waals surface area contributed by atoms with Gasteiger partial charge in [0, 0.05) is 16.8 Å². The molecule has 1 aromatic heterocycles. The average Bonchev–Trinajstić information content (AvgIpc) is 2.22. The molecule has 0 bridgehead atoms. The molecule has 82 valence electrons. The average molecular weight is 235 g/mol. The quantitative estimate of drug-likeness (QED) is 0.810. The van der Waals surface area contributed by atoms with Gasteiger partial charge in [0.2, 0.25) is 5.88 Å². The summed E-state index contributed by atoms with van der Waals surface area (Å²) in [6, 6.07) is 10.7. The maximum Gasteiger partial charge on any atom is 0.219 e. The largest absolute Gasteiger partial charge is 0.437 e. The van der Waals surface area contributed by atoms with E-state index in [0.29, 0.717) is 22.3 Å². The zero-order valence-electron chi connectivity index (χ0n) is 8.77. The summed E-state index contributed by atoms with van der Waals surface area (Å²) in [5.74, 6) is 1.08. The van der Waals surface area contributed by atoms with Gasteiger partial charge in [-0.2, -0.15) is 0 Å². The molecule has 0 aliphatic rings. The van der Waals surface area contributed by atoms with E-state index in [1.165, 1.54) is 0 Å². The van der Waals surface area contributed by atoms with Gasteiger partial charge in [0.25, 0.3) is 0 Å². The first-order valence-electron chi connectivity index (χ1n) is 4.82. The van der Waals surface area contributed by atoms with Crippen molar-refractivity contribution in [2.24, 2.45) is 0 Å². The second-order valence-electron chi connectivity index (χ2n) is 3.40. The van der Waals surface area contributed by atoms with Gasteiger partial charge < -0.3 is 10.5 Å². The van der Waals surface area contributed by atoms with Crippen LogP contribution in [0.15, 0.2) is 36.4 Å². The first-order chi connectivity index (χ1) is 7.65. The maximum absolute atomic E-state index is 5.79. The number of aromatic nitrogens is 1. The zero-order valence-corrected chi connectivity index (χ0v) is 9.53. The topological polar surface area (TPSA) is 48.1 Å². The summed E-state index contributed by atoms with van der Waals surface area (Å²) in [5, 5.41) is 0.585. The van der Waals surface area contributed by atoms with Gasteiger partial charge in [0.1, 0.15) is 0 Å². The van der Waals surface area contributed by atoms with Crippen molar-refractivity contribution in [3.8, 4) is 11.6 Å². The molecule has 0 saturated heterocycles. The number of benzene rings is 1. The van der Waals surface area contributed by atoms with E-state index in [1.54, 1.807) is 24.3 Å². The Kier molecular flexibility index (Phi) is 2.97. The highest BCUT2D eigenvalue weighted by molar-refractivity contribution is 6.30. The molecule has 0 fully saturated rings. The number of aryl methyl sites for hydroxylation is 1. The normalized spacial score (nSPS) is 10.1. The molecule has 3 nitrogen and oxygen atoms in total. The lowest BCUT2D eigenvalue weighted by Crippen LogP contribution is -1.94. The first kappa shape index (κ1) is 10.8. The minimum atomic E-state index is 0.496. The van der Waals surface area contributed by atoms with Crippen molar-refractivity contribution in [2.45, 2.75) is 6.92 Å². The van der Waals surface area contributed by atoms with Crippen LogP contribution in [-0.4, -0.2) is 4.98 Å². The number of anilines is 1. The molecule has 0 radical (unpaired) electrons. The van der Waals surface area contributed by atoms with Gasteiger partial charge in [-0.3, -0.25) is 0 Å². The summed E-state index contributed by atoms with van der Waals surface area (Å²) in [4.78, 5) is 4.22. The Hall–Kier alpha value is -1.74. The molecule has 2 aromatic rings. The molecule has 0 amide bonds. The molecule has 0 unspecified atom stereocenters. The van der Waals surface area contributed by atoms with E-state index in [9.17, 15) is 0 Å².